The molecule has 1 heterocycles. The zero-order valence-corrected chi connectivity index (χ0v) is 15.0. The van der Waals surface area contributed by atoms with Crippen molar-refractivity contribution in [2.24, 2.45) is 0 Å². The lowest BCUT2D eigenvalue weighted by molar-refractivity contribution is 0.102. The van der Waals surface area contributed by atoms with Crippen LogP contribution >= 0.6 is 0 Å². The fraction of sp³-hybridized carbons (Fsp3) is 0.0909. The van der Waals surface area contributed by atoms with E-state index in [0.717, 1.165) is 22.2 Å². The largest absolute Gasteiger partial charge is 0.397 e. The number of hydrogen-bond acceptors (Lipinski definition) is 3. The van der Waals surface area contributed by atoms with Gasteiger partial charge in [-0.15, -0.1) is 0 Å². The first kappa shape index (κ1) is 16.8. The Balaban J connectivity index is 1.52. The molecule has 134 valence electrons. The highest BCUT2D eigenvalue weighted by Crippen LogP contribution is 2.20. The van der Waals surface area contributed by atoms with E-state index in [1.54, 1.807) is 12.1 Å². The normalized spacial score (nSPS) is 10.9. The monoisotopic (exact) mass is 356 g/mol. The van der Waals surface area contributed by atoms with Gasteiger partial charge in [0.15, 0.2) is 0 Å². The van der Waals surface area contributed by atoms with Crippen LogP contribution in [0.4, 0.5) is 11.4 Å². The van der Waals surface area contributed by atoms with Crippen molar-refractivity contribution < 1.29 is 4.79 Å². The van der Waals surface area contributed by atoms with Crippen LogP contribution in [-0.4, -0.2) is 15.7 Å². The van der Waals surface area contributed by atoms with Gasteiger partial charge in [-0.25, -0.2) is 0 Å². The number of nitrogens with zero attached hydrogens (tertiary/aromatic N) is 2. The Morgan fingerprint density at radius 1 is 1.00 bits per heavy atom. The fourth-order valence-electron chi connectivity index (χ4n) is 3.15. The number of nitrogens with one attached hydrogen (secondary N) is 1. The Morgan fingerprint density at radius 3 is 2.48 bits per heavy atom. The Kier molecular flexibility index (Phi) is 4.34. The summed E-state index contributed by atoms with van der Waals surface area (Å²) in [7, 11) is 0. The number of fused-ring (bicyclic) bond motifs is 1. The third-order valence-corrected chi connectivity index (χ3v) is 4.60. The number of nitrogens with two attached hydrogens (primary N) is 1. The van der Waals surface area contributed by atoms with Crippen LogP contribution in [0.2, 0.25) is 0 Å². The van der Waals surface area contributed by atoms with Gasteiger partial charge >= 0.3 is 0 Å². The fourth-order valence-corrected chi connectivity index (χ4v) is 3.15. The summed E-state index contributed by atoms with van der Waals surface area (Å²) in [5, 5.41) is 8.63. The molecule has 27 heavy (non-hydrogen) atoms. The van der Waals surface area contributed by atoms with E-state index in [4.69, 9.17) is 5.73 Å². The average Bonchev–Trinajstić information content (AvgIpc) is 3.00. The summed E-state index contributed by atoms with van der Waals surface area (Å²) < 4.78 is 1.99. The first-order valence-corrected chi connectivity index (χ1v) is 8.79. The minimum absolute atomic E-state index is 0.181. The minimum Gasteiger partial charge on any atom is -0.397 e. The molecule has 5 heteroatoms. The van der Waals surface area contributed by atoms with E-state index >= 15 is 0 Å². The number of anilines is 2. The molecule has 4 rings (SSSR count). The number of carbonyl (C=O) groups is 1. The van der Waals surface area contributed by atoms with Crippen LogP contribution in [0, 0.1) is 6.92 Å². The van der Waals surface area contributed by atoms with Gasteiger partial charge in [-0.2, -0.15) is 5.10 Å². The van der Waals surface area contributed by atoms with Gasteiger partial charge in [0.1, 0.15) is 0 Å². The number of aryl methyl sites for hydroxylation is 1. The van der Waals surface area contributed by atoms with Crippen molar-refractivity contribution >= 4 is 28.2 Å². The van der Waals surface area contributed by atoms with Crippen molar-refractivity contribution in [3.05, 3.63) is 89.6 Å². The number of carbonyl (C=O) groups excluding carboxylic acids is 1. The number of amides is 1. The predicted octanol–water partition coefficient (Wildman–Crippen LogP) is 4.23. The van der Waals surface area contributed by atoms with Gasteiger partial charge in [0, 0.05) is 10.9 Å². The molecular formula is C22H20N4O. The number of hydrogen-bond donors (Lipinski definition) is 2. The summed E-state index contributed by atoms with van der Waals surface area (Å²) in [6, 6.07) is 23.0. The van der Waals surface area contributed by atoms with Gasteiger partial charge in [0.25, 0.3) is 5.91 Å². The molecule has 0 unspecified atom stereocenters. The summed E-state index contributed by atoms with van der Waals surface area (Å²) in [5.41, 5.74) is 10.8. The summed E-state index contributed by atoms with van der Waals surface area (Å²) in [6.07, 6.45) is 0. The molecule has 0 spiro atoms. The van der Waals surface area contributed by atoms with Crippen LogP contribution in [0.3, 0.4) is 0 Å². The number of benzene rings is 3. The summed E-state index contributed by atoms with van der Waals surface area (Å²) in [6.45, 7) is 2.67. The van der Waals surface area contributed by atoms with Gasteiger partial charge in [-0.3, -0.25) is 9.48 Å². The van der Waals surface area contributed by atoms with Crippen LogP contribution in [0.25, 0.3) is 10.9 Å². The Morgan fingerprint density at radius 2 is 1.70 bits per heavy atom. The van der Waals surface area contributed by atoms with Crippen LogP contribution in [0.1, 0.15) is 21.6 Å². The maximum atomic E-state index is 12.4. The number of aromatic nitrogens is 2. The lowest BCUT2D eigenvalue weighted by Crippen LogP contribution is -2.13. The average molecular weight is 356 g/mol. The molecule has 0 fully saturated rings. The molecule has 0 aliphatic carbocycles. The maximum absolute atomic E-state index is 12.4. The molecule has 1 aromatic heterocycles. The van der Waals surface area contributed by atoms with E-state index in [2.05, 4.69) is 22.5 Å². The van der Waals surface area contributed by atoms with Crippen molar-refractivity contribution in [3.8, 4) is 0 Å². The Hall–Kier alpha value is -3.60. The van der Waals surface area contributed by atoms with Crippen molar-refractivity contribution in [1.29, 1.82) is 0 Å². The first-order chi connectivity index (χ1) is 13.1. The number of rotatable bonds is 4. The van der Waals surface area contributed by atoms with Crippen LogP contribution in [-0.2, 0) is 6.54 Å². The van der Waals surface area contributed by atoms with Gasteiger partial charge in [0.05, 0.1) is 29.1 Å². The third-order valence-electron chi connectivity index (χ3n) is 4.60. The molecule has 3 aromatic carbocycles. The van der Waals surface area contributed by atoms with Crippen molar-refractivity contribution in [1.82, 2.24) is 9.78 Å². The second-order valence-corrected chi connectivity index (χ2v) is 6.50. The molecule has 0 aliphatic rings. The SMILES string of the molecule is Cc1nn(Cc2ccc(C(=O)Nc3ccccc3N)cc2)c2ccccc12. The smallest absolute Gasteiger partial charge is 0.255 e. The third kappa shape index (κ3) is 3.40. The Labute approximate surface area is 157 Å². The van der Waals surface area contributed by atoms with E-state index in [1.165, 1.54) is 0 Å². The second-order valence-electron chi connectivity index (χ2n) is 6.50. The number of nitrogen functional groups attached to an aromatic ring is 1. The molecule has 0 aliphatic heterocycles. The van der Waals surface area contributed by atoms with E-state index in [-0.39, 0.29) is 5.91 Å². The Bertz CT molecular complexity index is 1110. The van der Waals surface area contributed by atoms with Crippen LogP contribution in [0.5, 0.6) is 0 Å². The topological polar surface area (TPSA) is 72.9 Å². The highest BCUT2D eigenvalue weighted by Gasteiger charge is 2.10. The quantitative estimate of drug-likeness (QED) is 0.538. The zero-order chi connectivity index (χ0) is 18.8. The van der Waals surface area contributed by atoms with Crippen LogP contribution < -0.4 is 11.1 Å². The zero-order valence-electron chi connectivity index (χ0n) is 15.0. The molecule has 4 aromatic rings. The molecule has 0 saturated heterocycles. The lowest BCUT2D eigenvalue weighted by atomic mass is 10.1. The molecule has 0 bridgehead atoms. The molecular weight excluding hydrogens is 336 g/mol. The van der Waals surface area contributed by atoms with Crippen molar-refractivity contribution in [2.45, 2.75) is 13.5 Å². The molecule has 0 saturated carbocycles. The lowest BCUT2D eigenvalue weighted by Gasteiger charge is -2.09. The standard InChI is InChI=1S/C22H20N4O/c1-15-18-6-2-5-9-21(18)26(25-15)14-16-10-12-17(13-11-16)22(27)24-20-8-4-3-7-19(20)23/h2-13H,14,23H2,1H3,(H,24,27). The summed E-state index contributed by atoms with van der Waals surface area (Å²) >= 11 is 0. The molecule has 0 atom stereocenters. The molecule has 1 amide bonds. The highest BCUT2D eigenvalue weighted by atomic mass is 16.1. The van der Waals surface area contributed by atoms with E-state index < -0.39 is 0 Å². The van der Waals surface area contributed by atoms with Gasteiger partial charge < -0.3 is 11.1 Å². The van der Waals surface area contributed by atoms with Gasteiger partial charge in [-0.1, -0.05) is 42.5 Å². The van der Waals surface area contributed by atoms with Gasteiger partial charge in [-0.05, 0) is 42.8 Å². The predicted molar refractivity (Wildman–Crippen MR) is 109 cm³/mol. The van der Waals surface area contributed by atoms with E-state index in [0.29, 0.717) is 23.5 Å². The van der Waals surface area contributed by atoms with E-state index in [1.807, 2.05) is 60.1 Å². The highest BCUT2D eigenvalue weighted by molar-refractivity contribution is 6.05. The number of para-hydroxylation sites is 3. The van der Waals surface area contributed by atoms with Crippen molar-refractivity contribution in [3.63, 3.8) is 0 Å². The minimum atomic E-state index is -0.181. The maximum Gasteiger partial charge on any atom is 0.255 e. The molecule has 5 nitrogen and oxygen atoms in total. The molecule has 0 radical (unpaired) electrons. The van der Waals surface area contributed by atoms with Crippen molar-refractivity contribution in [2.75, 3.05) is 11.1 Å². The second kappa shape index (κ2) is 6.96. The molecule has 3 N–H and O–H groups in total. The summed E-state index contributed by atoms with van der Waals surface area (Å²) in [4.78, 5) is 12.4. The van der Waals surface area contributed by atoms with Crippen LogP contribution in [0.15, 0.2) is 72.8 Å². The summed E-state index contributed by atoms with van der Waals surface area (Å²) in [5.74, 6) is -0.181. The first-order valence-electron chi connectivity index (χ1n) is 8.79. The van der Waals surface area contributed by atoms with E-state index in [9.17, 15) is 4.79 Å². The van der Waals surface area contributed by atoms with Gasteiger partial charge in [0.2, 0.25) is 0 Å².